The molecule has 0 radical (unpaired) electrons. The molecule has 0 fully saturated rings. The zero-order chi connectivity index (χ0) is 15.5. The van der Waals surface area contributed by atoms with Crippen LogP contribution in [-0.2, 0) is 15.9 Å². The molecular weight excluding hydrogens is 294 g/mol. The lowest BCUT2D eigenvalue weighted by molar-refractivity contribution is 0.349. The van der Waals surface area contributed by atoms with E-state index in [4.69, 9.17) is 11.6 Å². The Morgan fingerprint density at radius 2 is 1.70 bits per heavy atom. The first-order chi connectivity index (χ1) is 9.29. The summed E-state index contributed by atoms with van der Waals surface area (Å²) in [5.41, 5.74) is 2.67. The van der Waals surface area contributed by atoms with Gasteiger partial charge in [0, 0.05) is 19.0 Å². The number of alkyl halides is 1. The fraction of sp³-hybridized carbons (Fsp3) is 0.600. The van der Waals surface area contributed by atoms with Crippen LogP contribution >= 0.6 is 11.6 Å². The largest absolute Gasteiger partial charge is 0.243 e. The highest BCUT2D eigenvalue weighted by Crippen LogP contribution is 2.26. The van der Waals surface area contributed by atoms with Gasteiger partial charge in [-0.15, -0.1) is 11.6 Å². The van der Waals surface area contributed by atoms with Crippen molar-refractivity contribution in [3.05, 3.63) is 28.8 Å². The Morgan fingerprint density at radius 3 is 2.15 bits per heavy atom. The lowest BCUT2D eigenvalue weighted by atomic mass is 10.1. The Bertz CT molecular complexity index is 565. The minimum absolute atomic E-state index is 0.0279. The summed E-state index contributed by atoms with van der Waals surface area (Å²) in [4.78, 5) is 0.369. The van der Waals surface area contributed by atoms with Crippen molar-refractivity contribution in [1.29, 1.82) is 0 Å². The molecule has 1 aromatic carbocycles. The van der Waals surface area contributed by atoms with Crippen LogP contribution in [0.25, 0.3) is 0 Å². The van der Waals surface area contributed by atoms with Crippen molar-refractivity contribution in [3.63, 3.8) is 0 Å². The van der Waals surface area contributed by atoms with Crippen LogP contribution in [0.2, 0.25) is 0 Å². The molecule has 0 spiro atoms. The van der Waals surface area contributed by atoms with Gasteiger partial charge in [-0.25, -0.2) is 8.42 Å². The first kappa shape index (κ1) is 17.5. The summed E-state index contributed by atoms with van der Waals surface area (Å²) in [5, 5.41) is 0. The van der Waals surface area contributed by atoms with Crippen LogP contribution in [0.3, 0.4) is 0 Å². The molecule has 0 aliphatic rings. The summed E-state index contributed by atoms with van der Waals surface area (Å²) < 4.78 is 27.0. The zero-order valence-electron chi connectivity index (χ0n) is 12.9. The van der Waals surface area contributed by atoms with E-state index in [1.165, 1.54) is 4.31 Å². The topological polar surface area (TPSA) is 37.4 Å². The molecule has 0 aliphatic carbocycles. The predicted molar refractivity (Wildman–Crippen MR) is 84.8 cm³/mol. The second kappa shape index (κ2) is 6.92. The molecule has 3 nitrogen and oxygen atoms in total. The predicted octanol–water partition coefficient (Wildman–Crippen LogP) is 3.85. The molecular formula is C15H24ClNO2S. The van der Waals surface area contributed by atoms with E-state index in [9.17, 15) is 8.42 Å². The maximum absolute atomic E-state index is 12.8. The molecule has 0 N–H and O–H groups in total. The molecule has 0 bridgehead atoms. The zero-order valence-corrected chi connectivity index (χ0v) is 14.5. The number of sulfonamides is 1. The third kappa shape index (κ3) is 3.35. The Kier molecular flexibility index (Phi) is 6.05. The van der Waals surface area contributed by atoms with E-state index in [0.29, 0.717) is 10.8 Å². The van der Waals surface area contributed by atoms with Crippen LogP contribution in [0.5, 0.6) is 0 Å². The van der Waals surface area contributed by atoms with Crippen molar-refractivity contribution in [1.82, 2.24) is 4.31 Å². The number of aryl methyl sites for hydroxylation is 2. The first-order valence-electron chi connectivity index (χ1n) is 6.93. The third-order valence-corrected chi connectivity index (χ3v) is 6.23. The summed E-state index contributed by atoms with van der Waals surface area (Å²) in [6, 6.07) is 3.64. The van der Waals surface area contributed by atoms with E-state index in [0.717, 1.165) is 29.5 Å². The standard InChI is InChI=1S/C15H24ClNO2S/c1-6-14(7-2)17(5)20(18,19)15-9-13(10-16)11(3)8-12(15)4/h8-9,14H,6-7,10H2,1-5H3. The molecule has 1 aromatic rings. The Hall–Kier alpha value is -0.580. The molecule has 0 atom stereocenters. The average molecular weight is 318 g/mol. The minimum atomic E-state index is -3.47. The number of hydrogen-bond acceptors (Lipinski definition) is 2. The van der Waals surface area contributed by atoms with Gasteiger partial charge in [0.15, 0.2) is 0 Å². The van der Waals surface area contributed by atoms with E-state index in [-0.39, 0.29) is 6.04 Å². The highest BCUT2D eigenvalue weighted by Gasteiger charge is 2.27. The normalized spacial score (nSPS) is 12.4. The number of hydrogen-bond donors (Lipinski definition) is 0. The summed E-state index contributed by atoms with van der Waals surface area (Å²) in [6.07, 6.45) is 1.61. The second-order valence-corrected chi connectivity index (χ2v) is 7.40. The van der Waals surface area contributed by atoms with E-state index in [1.54, 1.807) is 13.1 Å². The van der Waals surface area contributed by atoms with Crippen molar-refractivity contribution in [2.75, 3.05) is 7.05 Å². The van der Waals surface area contributed by atoms with Crippen LogP contribution in [0.15, 0.2) is 17.0 Å². The monoisotopic (exact) mass is 317 g/mol. The molecule has 1 rings (SSSR count). The van der Waals surface area contributed by atoms with Gasteiger partial charge in [0.2, 0.25) is 10.0 Å². The van der Waals surface area contributed by atoms with Crippen LogP contribution in [0.1, 0.15) is 43.4 Å². The van der Waals surface area contributed by atoms with Crippen LogP contribution in [0.4, 0.5) is 0 Å². The quantitative estimate of drug-likeness (QED) is 0.747. The highest BCUT2D eigenvalue weighted by molar-refractivity contribution is 7.89. The molecule has 5 heteroatoms. The SMILES string of the molecule is CCC(CC)N(C)S(=O)(=O)c1cc(CCl)c(C)cc1C. The van der Waals surface area contributed by atoms with Gasteiger partial charge >= 0.3 is 0 Å². The minimum Gasteiger partial charge on any atom is -0.207 e. The lowest BCUT2D eigenvalue weighted by Gasteiger charge is -2.26. The van der Waals surface area contributed by atoms with Gasteiger partial charge in [0.05, 0.1) is 4.90 Å². The molecule has 0 saturated carbocycles. The van der Waals surface area contributed by atoms with E-state index >= 15 is 0 Å². The van der Waals surface area contributed by atoms with E-state index in [1.807, 2.05) is 33.8 Å². The number of benzene rings is 1. The summed E-state index contributed by atoms with van der Waals surface area (Å²) in [5.74, 6) is 0.323. The highest BCUT2D eigenvalue weighted by atomic mass is 35.5. The Morgan fingerprint density at radius 1 is 1.15 bits per heavy atom. The van der Waals surface area contributed by atoms with Gasteiger partial charge in [0.1, 0.15) is 0 Å². The Balaban J connectivity index is 3.35. The van der Waals surface area contributed by atoms with Gasteiger partial charge in [-0.1, -0.05) is 19.9 Å². The van der Waals surface area contributed by atoms with Gasteiger partial charge in [-0.3, -0.25) is 0 Å². The van der Waals surface area contributed by atoms with Crippen LogP contribution in [0, 0.1) is 13.8 Å². The Labute approximate surface area is 128 Å². The fourth-order valence-corrected chi connectivity index (χ4v) is 4.50. The molecule has 0 saturated heterocycles. The summed E-state index contributed by atoms with van der Waals surface area (Å²) in [6.45, 7) is 7.79. The van der Waals surface area contributed by atoms with Crippen molar-refractivity contribution in [2.24, 2.45) is 0 Å². The fourth-order valence-electron chi connectivity index (χ4n) is 2.45. The van der Waals surface area contributed by atoms with Gasteiger partial charge in [-0.05, 0) is 49.4 Å². The maximum Gasteiger partial charge on any atom is 0.243 e. The van der Waals surface area contributed by atoms with Crippen molar-refractivity contribution >= 4 is 21.6 Å². The van der Waals surface area contributed by atoms with Crippen LogP contribution in [-0.4, -0.2) is 25.8 Å². The third-order valence-electron chi connectivity index (χ3n) is 3.89. The molecule has 0 aromatic heterocycles. The van der Waals surface area contributed by atoms with E-state index in [2.05, 4.69) is 0 Å². The smallest absolute Gasteiger partial charge is 0.207 e. The van der Waals surface area contributed by atoms with Gasteiger partial charge < -0.3 is 0 Å². The van der Waals surface area contributed by atoms with E-state index < -0.39 is 10.0 Å². The first-order valence-corrected chi connectivity index (χ1v) is 8.91. The van der Waals surface area contributed by atoms with Crippen LogP contribution < -0.4 is 0 Å². The molecule has 20 heavy (non-hydrogen) atoms. The lowest BCUT2D eigenvalue weighted by Crippen LogP contribution is -2.36. The van der Waals surface area contributed by atoms with Crippen molar-refractivity contribution in [3.8, 4) is 0 Å². The summed E-state index contributed by atoms with van der Waals surface area (Å²) >= 11 is 5.89. The number of nitrogens with zero attached hydrogens (tertiary/aromatic N) is 1. The molecule has 0 heterocycles. The molecule has 0 aliphatic heterocycles. The number of rotatable bonds is 6. The summed E-state index contributed by atoms with van der Waals surface area (Å²) in [7, 11) is -1.81. The van der Waals surface area contributed by atoms with Gasteiger partial charge in [-0.2, -0.15) is 4.31 Å². The molecule has 0 amide bonds. The van der Waals surface area contributed by atoms with Gasteiger partial charge in [0.25, 0.3) is 0 Å². The maximum atomic E-state index is 12.8. The van der Waals surface area contributed by atoms with Crippen molar-refractivity contribution < 1.29 is 8.42 Å². The molecule has 0 unspecified atom stereocenters. The molecule has 114 valence electrons. The van der Waals surface area contributed by atoms with Crippen molar-refractivity contribution in [2.45, 2.75) is 57.4 Å². The average Bonchev–Trinajstić information content (AvgIpc) is 2.39. The second-order valence-electron chi connectivity index (χ2n) is 5.17. The number of halogens is 1.